The van der Waals surface area contributed by atoms with Crippen molar-refractivity contribution in [3.63, 3.8) is 0 Å². The van der Waals surface area contributed by atoms with Gasteiger partial charge in [0.15, 0.2) is 0 Å². The molecule has 3 aromatic rings. The van der Waals surface area contributed by atoms with E-state index < -0.39 is 18.1 Å². The van der Waals surface area contributed by atoms with Crippen LogP contribution >= 0.6 is 0 Å². The Morgan fingerprint density at radius 3 is 1.68 bits per heavy atom. The minimum Gasteiger partial charge on any atom is -0.465 e. The van der Waals surface area contributed by atoms with Gasteiger partial charge in [0.1, 0.15) is 12.1 Å². The van der Waals surface area contributed by atoms with E-state index in [0.29, 0.717) is 5.56 Å². The number of aliphatic hydroxyl groups excluding tert-OH is 1. The smallest absolute Gasteiger partial charge is 0.326 e. The molecule has 0 heterocycles. The van der Waals surface area contributed by atoms with Gasteiger partial charge in [-0.15, -0.1) is 0 Å². The van der Waals surface area contributed by atoms with Crippen molar-refractivity contribution in [2.45, 2.75) is 25.1 Å². The first-order chi connectivity index (χ1) is 13.7. The number of ether oxygens (including phenoxy) is 1. The highest BCUT2D eigenvalue weighted by molar-refractivity contribution is 5.77. The molecule has 0 spiro atoms. The monoisotopic (exact) mass is 375 g/mol. The molecule has 2 atom stereocenters. The summed E-state index contributed by atoms with van der Waals surface area (Å²) in [4.78, 5) is 12.7. The summed E-state index contributed by atoms with van der Waals surface area (Å²) in [6, 6.07) is 27.7. The molecule has 0 radical (unpaired) electrons. The van der Waals surface area contributed by atoms with E-state index in [-0.39, 0.29) is 12.6 Å². The Bertz CT molecular complexity index is 813. The summed E-state index contributed by atoms with van der Waals surface area (Å²) in [5, 5.41) is 14.3. The number of hydrogen-bond acceptors (Lipinski definition) is 4. The Morgan fingerprint density at radius 1 is 0.821 bits per heavy atom. The van der Waals surface area contributed by atoms with Gasteiger partial charge >= 0.3 is 5.97 Å². The minimum absolute atomic E-state index is 0.250. The summed E-state index contributed by atoms with van der Waals surface area (Å²) in [5.74, 6) is -0.476. The molecule has 0 bridgehead atoms. The number of benzene rings is 3. The van der Waals surface area contributed by atoms with Gasteiger partial charge in [-0.05, 0) is 23.6 Å². The van der Waals surface area contributed by atoms with Gasteiger partial charge in [-0.3, -0.25) is 10.1 Å². The maximum absolute atomic E-state index is 12.7. The number of nitrogens with one attached hydrogen (secondary N) is 1. The van der Waals surface area contributed by atoms with Crippen LogP contribution in [0.25, 0.3) is 0 Å². The van der Waals surface area contributed by atoms with Gasteiger partial charge in [0.2, 0.25) is 0 Å². The maximum atomic E-state index is 12.7. The Balaban J connectivity index is 1.96. The molecule has 144 valence electrons. The predicted molar refractivity (Wildman–Crippen MR) is 110 cm³/mol. The first-order valence-corrected chi connectivity index (χ1v) is 9.46. The van der Waals surface area contributed by atoms with Crippen LogP contribution in [0, 0.1) is 0 Å². The van der Waals surface area contributed by atoms with Crippen molar-refractivity contribution in [3.05, 3.63) is 108 Å². The van der Waals surface area contributed by atoms with Crippen LogP contribution in [0.3, 0.4) is 0 Å². The van der Waals surface area contributed by atoms with Crippen LogP contribution in [0.1, 0.15) is 35.8 Å². The molecule has 4 nitrogen and oxygen atoms in total. The molecule has 3 rings (SSSR count). The third kappa shape index (κ3) is 4.85. The van der Waals surface area contributed by atoms with E-state index in [0.717, 1.165) is 11.1 Å². The summed E-state index contributed by atoms with van der Waals surface area (Å²) in [5.41, 5.74) is 2.67. The van der Waals surface area contributed by atoms with E-state index in [1.807, 2.05) is 78.9 Å². The van der Waals surface area contributed by atoms with Crippen LogP contribution in [-0.2, 0) is 9.53 Å². The van der Waals surface area contributed by atoms with Gasteiger partial charge in [0.05, 0.1) is 12.6 Å². The quantitative estimate of drug-likeness (QED) is 0.584. The number of rotatable bonds is 8. The number of esters is 1. The highest BCUT2D eigenvalue weighted by atomic mass is 16.5. The fourth-order valence-corrected chi connectivity index (χ4v) is 3.22. The van der Waals surface area contributed by atoms with Crippen molar-refractivity contribution in [2.24, 2.45) is 0 Å². The lowest BCUT2D eigenvalue weighted by Crippen LogP contribution is -2.45. The second kappa shape index (κ2) is 9.83. The SMILES string of the molecule is CCOC(=O)[C@H](NC(c1ccccc1)c1ccccc1)[C@H](O)c1ccccc1. The third-order valence-corrected chi connectivity index (χ3v) is 4.61. The fourth-order valence-electron chi connectivity index (χ4n) is 3.22. The van der Waals surface area contributed by atoms with Gasteiger partial charge in [0, 0.05) is 0 Å². The molecule has 28 heavy (non-hydrogen) atoms. The van der Waals surface area contributed by atoms with Gasteiger partial charge in [-0.1, -0.05) is 91.0 Å². The predicted octanol–water partition coefficient (Wildman–Crippen LogP) is 4.03. The van der Waals surface area contributed by atoms with E-state index in [1.54, 1.807) is 19.1 Å². The van der Waals surface area contributed by atoms with E-state index in [2.05, 4.69) is 5.32 Å². The van der Waals surface area contributed by atoms with Crippen LogP contribution in [0.4, 0.5) is 0 Å². The van der Waals surface area contributed by atoms with Gasteiger partial charge in [-0.2, -0.15) is 0 Å². The second-order valence-electron chi connectivity index (χ2n) is 6.51. The molecule has 0 aliphatic heterocycles. The van der Waals surface area contributed by atoms with Crippen molar-refractivity contribution < 1.29 is 14.6 Å². The summed E-state index contributed by atoms with van der Waals surface area (Å²) in [7, 11) is 0. The summed E-state index contributed by atoms with van der Waals surface area (Å²) in [6.45, 7) is 2.01. The van der Waals surface area contributed by atoms with Crippen molar-refractivity contribution in [1.29, 1.82) is 0 Å². The zero-order valence-electron chi connectivity index (χ0n) is 15.9. The van der Waals surface area contributed by atoms with E-state index >= 15 is 0 Å². The molecule has 0 aliphatic carbocycles. The molecular formula is C24H25NO3. The third-order valence-electron chi connectivity index (χ3n) is 4.61. The lowest BCUT2D eigenvalue weighted by Gasteiger charge is -2.28. The zero-order chi connectivity index (χ0) is 19.8. The standard InChI is InChI=1S/C24H25NO3/c1-2-28-24(27)22(23(26)20-16-10-5-11-17-20)25-21(18-12-6-3-7-13-18)19-14-8-4-9-15-19/h3-17,21-23,25-26H,2H2,1H3/t22-,23-/m1/s1. The Labute approximate surface area is 165 Å². The average Bonchev–Trinajstić information content (AvgIpc) is 2.76. The molecule has 0 amide bonds. The highest BCUT2D eigenvalue weighted by Gasteiger charge is 2.32. The second-order valence-corrected chi connectivity index (χ2v) is 6.51. The fraction of sp³-hybridized carbons (Fsp3) is 0.208. The normalized spacial score (nSPS) is 13.1. The minimum atomic E-state index is -1.03. The number of aliphatic hydroxyl groups is 1. The summed E-state index contributed by atoms with van der Waals surface area (Å²) >= 11 is 0. The molecule has 0 saturated heterocycles. The summed E-state index contributed by atoms with van der Waals surface area (Å²) < 4.78 is 5.26. The first-order valence-electron chi connectivity index (χ1n) is 9.46. The van der Waals surface area contributed by atoms with Gasteiger partial charge in [0.25, 0.3) is 0 Å². The molecule has 0 saturated carbocycles. The van der Waals surface area contributed by atoms with Crippen LogP contribution in [-0.4, -0.2) is 23.7 Å². The molecule has 3 aromatic carbocycles. The lowest BCUT2D eigenvalue weighted by atomic mass is 9.95. The van der Waals surface area contributed by atoms with Crippen LogP contribution in [0.2, 0.25) is 0 Å². The van der Waals surface area contributed by atoms with Crippen molar-refractivity contribution in [2.75, 3.05) is 6.61 Å². The number of carbonyl (C=O) groups excluding carboxylic acids is 1. The molecule has 0 aromatic heterocycles. The lowest BCUT2D eigenvalue weighted by molar-refractivity contribution is -0.149. The maximum Gasteiger partial charge on any atom is 0.326 e. The Hall–Kier alpha value is -2.95. The topological polar surface area (TPSA) is 58.6 Å². The zero-order valence-corrected chi connectivity index (χ0v) is 15.9. The molecule has 0 unspecified atom stereocenters. The molecular weight excluding hydrogens is 350 g/mol. The largest absolute Gasteiger partial charge is 0.465 e. The van der Waals surface area contributed by atoms with E-state index in [1.165, 1.54) is 0 Å². The average molecular weight is 375 g/mol. The van der Waals surface area contributed by atoms with Crippen molar-refractivity contribution >= 4 is 5.97 Å². The first kappa shape index (κ1) is 19.8. The van der Waals surface area contributed by atoms with Gasteiger partial charge in [-0.25, -0.2) is 0 Å². The Kier molecular flexibility index (Phi) is 6.95. The molecule has 4 heteroatoms. The van der Waals surface area contributed by atoms with Crippen LogP contribution < -0.4 is 5.32 Å². The van der Waals surface area contributed by atoms with E-state index in [4.69, 9.17) is 4.74 Å². The van der Waals surface area contributed by atoms with Gasteiger partial charge < -0.3 is 9.84 Å². The van der Waals surface area contributed by atoms with E-state index in [9.17, 15) is 9.90 Å². The van der Waals surface area contributed by atoms with Crippen LogP contribution in [0.5, 0.6) is 0 Å². The number of hydrogen-bond donors (Lipinski definition) is 2. The Morgan fingerprint density at radius 2 is 1.25 bits per heavy atom. The highest BCUT2D eigenvalue weighted by Crippen LogP contribution is 2.26. The van der Waals surface area contributed by atoms with Crippen molar-refractivity contribution in [1.82, 2.24) is 5.32 Å². The summed E-state index contributed by atoms with van der Waals surface area (Å²) in [6.07, 6.45) is -1.03. The molecule has 0 fully saturated rings. The molecule has 2 N–H and O–H groups in total. The van der Waals surface area contributed by atoms with Crippen molar-refractivity contribution in [3.8, 4) is 0 Å². The number of carbonyl (C=O) groups is 1. The molecule has 0 aliphatic rings. The van der Waals surface area contributed by atoms with Crippen LogP contribution in [0.15, 0.2) is 91.0 Å².